The molecule has 0 unspecified atom stereocenters. The minimum Gasteiger partial charge on any atom is -0.388 e. The van der Waals surface area contributed by atoms with E-state index in [0.29, 0.717) is 0 Å². The van der Waals surface area contributed by atoms with Gasteiger partial charge in [-0.25, -0.2) is 13.8 Å². The Balaban J connectivity index is 3.46. The third kappa shape index (κ3) is 3.74. The lowest BCUT2D eigenvalue weighted by molar-refractivity contribution is -0.386. The minimum absolute atomic E-state index is 0.135. The summed E-state index contributed by atoms with van der Waals surface area (Å²) in [5.41, 5.74) is -3.33. The number of halogens is 5. The second kappa shape index (κ2) is 5.64. The maximum atomic E-state index is 12.7. The molecule has 11 heteroatoms. The molecule has 0 aliphatic carbocycles. The molecule has 0 N–H and O–H groups in total. The molecule has 1 heterocycles. The SMILES string of the molecule is N#CCc1nc(OC(F)(F)F)cc([N+](=O)[O-])c1C(F)F. The standard InChI is InChI=1S/C9H4F5N3O3/c10-8(11)7-4(1-2-15)16-6(20-9(12,13)14)3-5(7)17(18)19/h3,8H,1H2. The van der Waals surface area contributed by atoms with Crippen LogP contribution < -0.4 is 4.74 Å². The average Bonchev–Trinajstić information content (AvgIpc) is 2.25. The number of rotatable bonds is 4. The zero-order chi connectivity index (χ0) is 15.5. The van der Waals surface area contributed by atoms with Crippen LogP contribution in [0.15, 0.2) is 6.07 Å². The first kappa shape index (κ1) is 15.5. The van der Waals surface area contributed by atoms with Crippen LogP contribution in [0.1, 0.15) is 17.7 Å². The van der Waals surface area contributed by atoms with Crippen molar-refractivity contribution in [3.8, 4) is 11.9 Å². The molecule has 0 aliphatic rings. The summed E-state index contributed by atoms with van der Waals surface area (Å²) >= 11 is 0. The van der Waals surface area contributed by atoms with Crippen LogP contribution in [0.25, 0.3) is 0 Å². The number of nitro groups is 1. The van der Waals surface area contributed by atoms with Gasteiger partial charge >= 0.3 is 6.36 Å². The number of pyridine rings is 1. The Morgan fingerprint density at radius 3 is 2.50 bits per heavy atom. The number of aromatic nitrogens is 1. The van der Waals surface area contributed by atoms with Gasteiger partial charge in [0.25, 0.3) is 12.1 Å². The molecule has 0 aliphatic heterocycles. The summed E-state index contributed by atoms with van der Waals surface area (Å²) in [6, 6.07) is 1.52. The van der Waals surface area contributed by atoms with E-state index >= 15 is 0 Å². The number of nitriles is 1. The van der Waals surface area contributed by atoms with Crippen LogP contribution in [0.5, 0.6) is 5.88 Å². The molecule has 0 aromatic carbocycles. The molecule has 0 amide bonds. The van der Waals surface area contributed by atoms with Gasteiger partial charge in [0.05, 0.1) is 29.2 Å². The van der Waals surface area contributed by atoms with Gasteiger partial charge in [0, 0.05) is 0 Å². The Kier molecular flexibility index (Phi) is 4.38. The van der Waals surface area contributed by atoms with Crippen molar-refractivity contribution in [3.63, 3.8) is 0 Å². The zero-order valence-electron chi connectivity index (χ0n) is 9.32. The van der Waals surface area contributed by atoms with Crippen LogP contribution in [0, 0.1) is 21.4 Å². The normalized spacial score (nSPS) is 11.2. The molecule has 0 bridgehead atoms. The third-order valence-corrected chi connectivity index (χ3v) is 1.97. The fraction of sp³-hybridized carbons (Fsp3) is 0.333. The highest BCUT2D eigenvalue weighted by atomic mass is 19.4. The molecule has 6 nitrogen and oxygen atoms in total. The maximum absolute atomic E-state index is 12.7. The molecule has 0 spiro atoms. The lowest BCUT2D eigenvalue weighted by Gasteiger charge is -2.11. The fourth-order valence-electron chi connectivity index (χ4n) is 1.34. The second-order valence-corrected chi connectivity index (χ2v) is 3.28. The molecule has 1 aromatic rings. The Morgan fingerprint density at radius 2 is 2.10 bits per heavy atom. The number of hydrogen-bond donors (Lipinski definition) is 0. The first-order valence-corrected chi connectivity index (χ1v) is 4.74. The summed E-state index contributed by atoms with van der Waals surface area (Å²) in [5.74, 6) is -1.28. The van der Waals surface area contributed by atoms with Crippen LogP contribution in [-0.2, 0) is 6.42 Å². The van der Waals surface area contributed by atoms with E-state index in [1.807, 2.05) is 0 Å². The van der Waals surface area contributed by atoms with E-state index in [0.717, 1.165) is 0 Å². The molecule has 0 atom stereocenters. The lowest BCUT2D eigenvalue weighted by Crippen LogP contribution is -2.19. The molecule has 1 aromatic heterocycles. The largest absolute Gasteiger partial charge is 0.574 e. The van der Waals surface area contributed by atoms with E-state index < -0.39 is 47.0 Å². The molecule has 20 heavy (non-hydrogen) atoms. The fourth-order valence-corrected chi connectivity index (χ4v) is 1.34. The number of alkyl halides is 5. The summed E-state index contributed by atoms with van der Waals surface area (Å²) in [6.45, 7) is 0. The van der Waals surface area contributed by atoms with Crippen LogP contribution in [-0.4, -0.2) is 16.3 Å². The van der Waals surface area contributed by atoms with Gasteiger partial charge in [0.1, 0.15) is 5.56 Å². The van der Waals surface area contributed by atoms with Crippen molar-refractivity contribution in [1.82, 2.24) is 4.98 Å². The van der Waals surface area contributed by atoms with Crippen LogP contribution in [0.4, 0.5) is 27.6 Å². The Morgan fingerprint density at radius 1 is 1.50 bits per heavy atom. The smallest absolute Gasteiger partial charge is 0.388 e. The minimum atomic E-state index is -5.20. The molecular weight excluding hydrogens is 293 g/mol. The Labute approximate surface area is 107 Å². The van der Waals surface area contributed by atoms with Gasteiger partial charge < -0.3 is 4.74 Å². The maximum Gasteiger partial charge on any atom is 0.574 e. The van der Waals surface area contributed by atoms with Gasteiger partial charge in [-0.05, 0) is 0 Å². The van der Waals surface area contributed by atoms with Crippen molar-refractivity contribution in [1.29, 1.82) is 5.26 Å². The number of ether oxygens (including phenoxy) is 1. The van der Waals surface area contributed by atoms with Gasteiger partial charge in [0.15, 0.2) is 0 Å². The predicted molar refractivity (Wildman–Crippen MR) is 51.8 cm³/mol. The van der Waals surface area contributed by atoms with Crippen molar-refractivity contribution in [3.05, 3.63) is 27.4 Å². The molecule has 0 saturated carbocycles. The molecule has 0 radical (unpaired) electrons. The first-order valence-electron chi connectivity index (χ1n) is 4.74. The molecular formula is C9H4F5N3O3. The van der Waals surface area contributed by atoms with Crippen LogP contribution in [0.2, 0.25) is 0 Å². The van der Waals surface area contributed by atoms with Crippen molar-refractivity contribution < 1.29 is 31.6 Å². The molecule has 108 valence electrons. The summed E-state index contributed by atoms with van der Waals surface area (Å²) < 4.78 is 64.8. The monoisotopic (exact) mass is 297 g/mol. The second-order valence-electron chi connectivity index (χ2n) is 3.28. The van der Waals surface area contributed by atoms with Gasteiger partial charge in [-0.15, -0.1) is 13.2 Å². The van der Waals surface area contributed by atoms with Gasteiger partial charge in [-0.3, -0.25) is 10.1 Å². The zero-order valence-corrected chi connectivity index (χ0v) is 9.32. The Bertz CT molecular complexity index is 567. The topological polar surface area (TPSA) is 89.0 Å². The summed E-state index contributed by atoms with van der Waals surface area (Å²) in [4.78, 5) is 12.4. The van der Waals surface area contributed by atoms with E-state index in [-0.39, 0.29) is 6.07 Å². The summed E-state index contributed by atoms with van der Waals surface area (Å²) in [5, 5.41) is 19.0. The Hall–Kier alpha value is -2.51. The molecule has 0 fully saturated rings. The van der Waals surface area contributed by atoms with Crippen LogP contribution in [0.3, 0.4) is 0 Å². The van der Waals surface area contributed by atoms with Gasteiger partial charge in [-0.2, -0.15) is 5.26 Å². The van der Waals surface area contributed by atoms with E-state index in [1.165, 1.54) is 6.07 Å². The van der Waals surface area contributed by atoms with E-state index in [4.69, 9.17) is 5.26 Å². The third-order valence-electron chi connectivity index (χ3n) is 1.97. The molecule has 1 rings (SSSR count). The predicted octanol–water partition coefficient (Wildman–Crippen LogP) is 2.89. The summed E-state index contributed by atoms with van der Waals surface area (Å²) in [7, 11) is 0. The van der Waals surface area contributed by atoms with Gasteiger partial charge in [-0.1, -0.05) is 0 Å². The van der Waals surface area contributed by atoms with Crippen molar-refractivity contribution in [2.75, 3.05) is 0 Å². The van der Waals surface area contributed by atoms with Crippen molar-refractivity contribution in [2.45, 2.75) is 19.2 Å². The van der Waals surface area contributed by atoms with E-state index in [2.05, 4.69) is 9.72 Å². The van der Waals surface area contributed by atoms with E-state index in [1.54, 1.807) is 0 Å². The number of nitrogens with zero attached hydrogens (tertiary/aromatic N) is 3. The molecule has 0 saturated heterocycles. The van der Waals surface area contributed by atoms with Gasteiger partial charge in [0.2, 0.25) is 5.88 Å². The van der Waals surface area contributed by atoms with E-state index in [9.17, 15) is 32.1 Å². The highest BCUT2D eigenvalue weighted by Gasteiger charge is 2.35. The lowest BCUT2D eigenvalue weighted by atomic mass is 10.1. The highest BCUT2D eigenvalue weighted by Crippen LogP contribution is 2.35. The number of hydrogen-bond acceptors (Lipinski definition) is 5. The first-order chi connectivity index (χ1) is 9.15. The van der Waals surface area contributed by atoms with Crippen molar-refractivity contribution >= 4 is 5.69 Å². The average molecular weight is 297 g/mol. The van der Waals surface area contributed by atoms with Crippen molar-refractivity contribution in [2.24, 2.45) is 0 Å². The quantitative estimate of drug-likeness (QED) is 0.484. The van der Waals surface area contributed by atoms with Crippen LogP contribution >= 0.6 is 0 Å². The highest BCUT2D eigenvalue weighted by molar-refractivity contribution is 5.47. The summed E-state index contributed by atoms with van der Waals surface area (Å²) in [6.07, 6.45) is -9.39.